The predicted molar refractivity (Wildman–Crippen MR) is 125 cm³/mol. The molecule has 1 amide bonds. The molecule has 1 aliphatic rings. The SMILES string of the molecule is Cn1cc2c(c1C(=O)Nc1cc(F)nc(C#N)c1)CCC(CCCc1ccc(F)cc1)NS2=N. The number of rotatable bonds is 6. The van der Waals surface area contributed by atoms with Crippen LogP contribution < -0.4 is 10.0 Å². The molecule has 3 heterocycles. The summed E-state index contributed by atoms with van der Waals surface area (Å²) in [4.78, 5) is 17.3. The van der Waals surface area contributed by atoms with E-state index in [1.54, 1.807) is 36.0 Å². The van der Waals surface area contributed by atoms with Crippen molar-refractivity contribution >= 4 is 22.5 Å². The second-order valence-corrected chi connectivity index (χ2v) is 9.53. The molecular weight excluding hydrogens is 458 g/mol. The van der Waals surface area contributed by atoms with E-state index in [1.807, 2.05) is 0 Å². The molecule has 34 heavy (non-hydrogen) atoms. The van der Waals surface area contributed by atoms with E-state index >= 15 is 0 Å². The van der Waals surface area contributed by atoms with Gasteiger partial charge in [0.15, 0.2) is 0 Å². The highest BCUT2D eigenvalue weighted by Gasteiger charge is 2.27. The molecule has 0 fully saturated rings. The number of hydrogen-bond donors (Lipinski definition) is 3. The molecule has 0 saturated carbocycles. The van der Waals surface area contributed by atoms with Gasteiger partial charge in [-0.25, -0.2) is 14.1 Å². The summed E-state index contributed by atoms with van der Waals surface area (Å²) >= 11 is 0. The molecule has 0 bridgehead atoms. The van der Waals surface area contributed by atoms with Crippen molar-refractivity contribution < 1.29 is 13.6 Å². The Morgan fingerprint density at radius 1 is 1.35 bits per heavy atom. The van der Waals surface area contributed by atoms with Crippen LogP contribution in [0.15, 0.2) is 47.5 Å². The number of nitrogens with zero attached hydrogens (tertiary/aromatic N) is 3. The van der Waals surface area contributed by atoms with Gasteiger partial charge in [-0.2, -0.15) is 9.65 Å². The van der Waals surface area contributed by atoms with Crippen LogP contribution >= 0.6 is 0 Å². The van der Waals surface area contributed by atoms with Gasteiger partial charge in [-0.1, -0.05) is 12.1 Å². The van der Waals surface area contributed by atoms with Gasteiger partial charge >= 0.3 is 0 Å². The molecule has 3 aromatic rings. The van der Waals surface area contributed by atoms with Gasteiger partial charge in [0, 0.05) is 31.0 Å². The number of amides is 1. The third-order valence-electron chi connectivity index (χ3n) is 5.81. The lowest BCUT2D eigenvalue weighted by atomic mass is 9.99. The Balaban J connectivity index is 1.45. The van der Waals surface area contributed by atoms with Gasteiger partial charge in [0.2, 0.25) is 5.95 Å². The molecule has 176 valence electrons. The molecular formula is C24H24F2N6OS. The summed E-state index contributed by atoms with van der Waals surface area (Å²) in [6.07, 6.45) is 5.79. The summed E-state index contributed by atoms with van der Waals surface area (Å²) in [5.74, 6) is -1.52. The van der Waals surface area contributed by atoms with Crippen molar-refractivity contribution in [2.75, 3.05) is 5.32 Å². The van der Waals surface area contributed by atoms with Crippen molar-refractivity contribution in [2.24, 2.45) is 7.05 Å². The maximum atomic E-state index is 13.7. The summed E-state index contributed by atoms with van der Waals surface area (Å²) in [5, 5.41) is 11.6. The van der Waals surface area contributed by atoms with Crippen LogP contribution in [0, 0.1) is 27.9 Å². The Labute approximate surface area is 198 Å². The zero-order valence-corrected chi connectivity index (χ0v) is 19.4. The largest absolute Gasteiger partial charge is 0.345 e. The Bertz CT molecular complexity index is 1280. The van der Waals surface area contributed by atoms with Crippen molar-refractivity contribution in [3.05, 3.63) is 76.9 Å². The van der Waals surface area contributed by atoms with E-state index in [2.05, 4.69) is 15.0 Å². The van der Waals surface area contributed by atoms with Gasteiger partial charge in [0.1, 0.15) is 23.3 Å². The van der Waals surface area contributed by atoms with Crippen LogP contribution in [0.1, 0.15) is 46.6 Å². The monoisotopic (exact) mass is 482 g/mol. The first kappa shape index (κ1) is 23.7. The third-order valence-corrected chi connectivity index (χ3v) is 7.17. The van der Waals surface area contributed by atoms with Crippen LogP contribution in [-0.4, -0.2) is 21.5 Å². The average Bonchev–Trinajstić information content (AvgIpc) is 3.06. The number of fused-ring (bicyclic) bond motifs is 1. The highest BCUT2D eigenvalue weighted by molar-refractivity contribution is 7.84. The summed E-state index contributed by atoms with van der Waals surface area (Å²) < 4.78 is 40.5. The molecule has 2 unspecified atom stereocenters. The number of hydrogen-bond acceptors (Lipinski definition) is 4. The number of benzene rings is 1. The fourth-order valence-electron chi connectivity index (χ4n) is 4.19. The Morgan fingerprint density at radius 2 is 2.12 bits per heavy atom. The van der Waals surface area contributed by atoms with Crippen LogP contribution in [0.25, 0.3) is 0 Å². The topological polar surface area (TPSA) is 107 Å². The van der Waals surface area contributed by atoms with E-state index in [1.165, 1.54) is 18.2 Å². The quantitative estimate of drug-likeness (QED) is 0.453. The Morgan fingerprint density at radius 3 is 2.85 bits per heavy atom. The van der Waals surface area contributed by atoms with Crippen LogP contribution in [-0.2, 0) is 30.8 Å². The molecule has 10 heteroatoms. The van der Waals surface area contributed by atoms with Gasteiger partial charge in [-0.15, -0.1) is 0 Å². The van der Waals surface area contributed by atoms with Gasteiger partial charge in [-0.3, -0.25) is 9.57 Å². The fraction of sp³-hybridized carbons (Fsp3) is 0.292. The number of aromatic nitrogens is 2. The zero-order chi connectivity index (χ0) is 24.2. The molecule has 0 saturated heterocycles. The van der Waals surface area contributed by atoms with E-state index < -0.39 is 22.7 Å². The first-order chi connectivity index (χ1) is 16.3. The van der Waals surface area contributed by atoms with Crippen molar-refractivity contribution in [3.63, 3.8) is 0 Å². The standard InChI is InChI=1S/C24H24F2N6OS/c1-32-14-21-20(23(32)24(33)30-18-11-19(13-27)29-22(26)12-18)10-9-17(31-34(21)28)4-2-3-15-5-7-16(25)8-6-15/h5-8,11-12,14,17H,2-4,9-10H2,1H3,(H2,28,31)(H,29,30,33). The summed E-state index contributed by atoms with van der Waals surface area (Å²) in [5.41, 5.74) is 2.33. The number of nitriles is 1. The Hall–Kier alpha value is -3.42. The Kier molecular flexibility index (Phi) is 7.14. The van der Waals surface area contributed by atoms with Gasteiger partial charge < -0.3 is 9.88 Å². The summed E-state index contributed by atoms with van der Waals surface area (Å²) in [6.45, 7) is 0. The molecule has 0 radical (unpaired) electrons. The number of nitrogens with one attached hydrogen (secondary N) is 3. The molecule has 0 spiro atoms. The first-order valence-corrected chi connectivity index (χ1v) is 12.1. The number of pyridine rings is 1. The van der Waals surface area contributed by atoms with Crippen LogP contribution in [0.2, 0.25) is 0 Å². The number of carbonyl (C=O) groups is 1. The molecule has 1 aromatic carbocycles. The third kappa shape index (κ3) is 5.38. The molecule has 1 aliphatic heterocycles. The van der Waals surface area contributed by atoms with Gasteiger partial charge in [0.25, 0.3) is 5.91 Å². The van der Waals surface area contributed by atoms with E-state index in [0.29, 0.717) is 12.1 Å². The maximum absolute atomic E-state index is 13.7. The van der Waals surface area contributed by atoms with Gasteiger partial charge in [-0.05, 0) is 72.3 Å². The molecule has 2 aromatic heterocycles. The lowest BCUT2D eigenvalue weighted by Gasteiger charge is -2.16. The van der Waals surface area contributed by atoms with Crippen molar-refractivity contribution in [1.82, 2.24) is 14.3 Å². The van der Waals surface area contributed by atoms with E-state index in [-0.39, 0.29) is 23.2 Å². The summed E-state index contributed by atoms with van der Waals surface area (Å²) in [7, 11) is 0.756. The number of anilines is 1. The highest BCUT2D eigenvalue weighted by Crippen LogP contribution is 2.27. The molecule has 2 atom stereocenters. The average molecular weight is 483 g/mol. The molecule has 7 nitrogen and oxygen atoms in total. The smallest absolute Gasteiger partial charge is 0.272 e. The van der Waals surface area contributed by atoms with Crippen molar-refractivity contribution in [2.45, 2.75) is 43.0 Å². The highest BCUT2D eigenvalue weighted by atomic mass is 32.2. The number of carbonyl (C=O) groups excluding carboxylic acids is 1. The minimum atomic E-state index is -0.988. The van der Waals surface area contributed by atoms with Crippen LogP contribution in [0.5, 0.6) is 0 Å². The molecule has 3 N–H and O–H groups in total. The van der Waals surface area contributed by atoms with Crippen LogP contribution in [0.3, 0.4) is 0 Å². The van der Waals surface area contributed by atoms with E-state index in [0.717, 1.165) is 47.8 Å². The lowest BCUT2D eigenvalue weighted by molar-refractivity contribution is 0.101. The maximum Gasteiger partial charge on any atom is 0.272 e. The zero-order valence-electron chi connectivity index (χ0n) is 18.6. The van der Waals surface area contributed by atoms with Gasteiger partial charge in [0.05, 0.1) is 4.90 Å². The van der Waals surface area contributed by atoms with E-state index in [4.69, 9.17) is 10.0 Å². The minimum absolute atomic E-state index is 0.124. The first-order valence-electron chi connectivity index (χ1n) is 10.9. The normalized spacial score (nSPS) is 17.5. The van der Waals surface area contributed by atoms with Crippen molar-refractivity contribution in [1.29, 1.82) is 10.0 Å². The number of aryl methyl sites for hydroxylation is 2. The molecule has 0 aliphatic carbocycles. The predicted octanol–water partition coefficient (Wildman–Crippen LogP) is 4.40. The minimum Gasteiger partial charge on any atom is -0.345 e. The van der Waals surface area contributed by atoms with Crippen molar-refractivity contribution in [3.8, 4) is 6.07 Å². The molecule has 4 rings (SSSR count). The second kappa shape index (κ2) is 10.2. The lowest BCUT2D eigenvalue weighted by Crippen LogP contribution is -2.29. The summed E-state index contributed by atoms with van der Waals surface area (Å²) in [6, 6.07) is 10.8. The number of halogens is 2. The fourth-order valence-corrected chi connectivity index (χ4v) is 5.60. The van der Waals surface area contributed by atoms with Crippen LogP contribution in [0.4, 0.5) is 14.5 Å². The van der Waals surface area contributed by atoms with E-state index in [9.17, 15) is 13.6 Å². The second-order valence-electron chi connectivity index (χ2n) is 8.24.